The van der Waals surface area contributed by atoms with Gasteiger partial charge in [-0.1, -0.05) is 70.4 Å². The lowest BCUT2D eigenvalue weighted by Gasteiger charge is -2.28. The van der Waals surface area contributed by atoms with Crippen LogP contribution in [0.1, 0.15) is 110 Å². The van der Waals surface area contributed by atoms with Crippen LogP contribution in [-0.2, 0) is 0 Å². The van der Waals surface area contributed by atoms with Gasteiger partial charge in [-0.2, -0.15) is 0 Å². The molecule has 1 fully saturated rings. The van der Waals surface area contributed by atoms with Gasteiger partial charge in [0.25, 0.3) is 0 Å². The highest BCUT2D eigenvalue weighted by atomic mass is 15.0. The Balaban J connectivity index is 1.80. The molecule has 1 heteroatoms. The molecule has 1 rings (SSSR count). The molecule has 22 heavy (non-hydrogen) atoms. The highest BCUT2D eigenvalue weighted by Gasteiger charge is 2.16. The van der Waals surface area contributed by atoms with E-state index in [-0.39, 0.29) is 0 Å². The molecule has 0 bridgehead atoms. The third-order valence-corrected chi connectivity index (χ3v) is 5.02. The van der Waals surface area contributed by atoms with Gasteiger partial charge in [0.05, 0.1) is 0 Å². The minimum absolute atomic E-state index is 0.753. The van der Waals surface area contributed by atoms with Gasteiger partial charge in [0.1, 0.15) is 0 Å². The van der Waals surface area contributed by atoms with Crippen LogP contribution >= 0.6 is 0 Å². The smallest absolute Gasteiger partial charge is 0.00695 e. The topological polar surface area (TPSA) is 12.0 Å². The summed E-state index contributed by atoms with van der Waals surface area (Å²) in [5.41, 5.74) is 0. The highest BCUT2D eigenvalue weighted by Crippen LogP contribution is 2.17. The fraction of sp³-hybridized carbons (Fsp3) is 0.905. The molecule has 0 aromatic carbocycles. The number of nitrogens with one attached hydrogen (secondary N) is 1. The fourth-order valence-electron chi connectivity index (χ4n) is 3.58. The Morgan fingerprint density at radius 1 is 0.818 bits per heavy atom. The van der Waals surface area contributed by atoms with Crippen LogP contribution in [0.15, 0.2) is 12.2 Å². The van der Waals surface area contributed by atoms with E-state index in [1.165, 1.54) is 96.3 Å². The minimum Gasteiger partial charge on any atom is -0.312 e. The number of unbranched alkanes of at least 4 members (excludes halogenated alkanes) is 9. The monoisotopic (exact) mass is 307 g/mol. The molecule has 1 saturated heterocycles. The molecule has 1 N–H and O–H groups in total. The molecular weight excluding hydrogens is 266 g/mol. The quantitative estimate of drug-likeness (QED) is 0.292. The lowest BCUT2D eigenvalue weighted by atomic mass is 9.95. The first-order valence-electron chi connectivity index (χ1n) is 10.2. The Hall–Kier alpha value is -0.300. The first-order valence-corrected chi connectivity index (χ1v) is 10.2. The van der Waals surface area contributed by atoms with Gasteiger partial charge in [-0.3, -0.25) is 0 Å². The molecule has 0 amide bonds. The van der Waals surface area contributed by atoms with Crippen molar-refractivity contribution >= 4 is 0 Å². The molecular formula is C21H41N. The fourth-order valence-corrected chi connectivity index (χ4v) is 3.58. The molecule has 0 aromatic heterocycles. The van der Waals surface area contributed by atoms with Gasteiger partial charge >= 0.3 is 0 Å². The Bertz CT molecular complexity index is 259. The van der Waals surface area contributed by atoms with E-state index in [0.29, 0.717) is 0 Å². The van der Waals surface area contributed by atoms with E-state index in [1.807, 2.05) is 0 Å². The Kier molecular flexibility index (Phi) is 12.8. The van der Waals surface area contributed by atoms with E-state index in [9.17, 15) is 0 Å². The maximum absolute atomic E-state index is 3.75. The number of hydrogen-bond acceptors (Lipinski definition) is 1. The van der Waals surface area contributed by atoms with Gasteiger partial charge in [-0.25, -0.2) is 0 Å². The summed E-state index contributed by atoms with van der Waals surface area (Å²) in [5.74, 6) is 0. The predicted octanol–water partition coefficient (Wildman–Crippen LogP) is 6.77. The van der Waals surface area contributed by atoms with Crippen molar-refractivity contribution in [1.29, 1.82) is 0 Å². The van der Waals surface area contributed by atoms with Crippen molar-refractivity contribution in [2.75, 3.05) is 0 Å². The summed E-state index contributed by atoms with van der Waals surface area (Å²) in [7, 11) is 0. The predicted molar refractivity (Wildman–Crippen MR) is 100 cm³/mol. The molecule has 1 nitrogen and oxygen atoms in total. The third-order valence-electron chi connectivity index (χ3n) is 5.02. The minimum atomic E-state index is 0.753. The summed E-state index contributed by atoms with van der Waals surface area (Å²) in [6.45, 7) is 4.62. The van der Waals surface area contributed by atoms with Gasteiger partial charge in [0.15, 0.2) is 0 Å². The molecule has 1 aliphatic rings. The maximum atomic E-state index is 3.75. The van der Waals surface area contributed by atoms with Crippen molar-refractivity contribution in [1.82, 2.24) is 5.32 Å². The number of rotatable bonds is 13. The first kappa shape index (κ1) is 19.7. The Morgan fingerprint density at radius 3 is 2.14 bits per heavy atom. The van der Waals surface area contributed by atoms with Crippen LogP contribution in [0.3, 0.4) is 0 Å². The molecule has 130 valence electrons. The van der Waals surface area contributed by atoms with Crippen LogP contribution in [0.2, 0.25) is 0 Å². The van der Waals surface area contributed by atoms with Crippen molar-refractivity contribution in [3.05, 3.63) is 12.2 Å². The lowest BCUT2D eigenvalue weighted by Crippen LogP contribution is -2.40. The lowest BCUT2D eigenvalue weighted by molar-refractivity contribution is 0.315. The van der Waals surface area contributed by atoms with Crippen LogP contribution in [0, 0.1) is 0 Å². The van der Waals surface area contributed by atoms with Gasteiger partial charge in [0, 0.05) is 12.1 Å². The van der Waals surface area contributed by atoms with Gasteiger partial charge < -0.3 is 5.32 Å². The molecule has 0 aliphatic carbocycles. The zero-order valence-corrected chi connectivity index (χ0v) is 15.4. The molecule has 1 heterocycles. The van der Waals surface area contributed by atoms with Crippen LogP contribution in [0.4, 0.5) is 0 Å². The standard InChI is InChI=1S/C21H41N/c1-3-4-5-6-7-8-9-10-11-12-13-14-15-18-21-19-16-17-20(2)22-21/h10-11,20-22H,3-9,12-19H2,1-2H3/b11-10+/t20-,21-/m0/s1. The molecule has 1 aliphatic heterocycles. The van der Waals surface area contributed by atoms with Gasteiger partial charge in [0.2, 0.25) is 0 Å². The molecule has 0 saturated carbocycles. The summed E-state index contributed by atoms with van der Waals surface area (Å²) in [6, 6.07) is 1.57. The van der Waals surface area contributed by atoms with Crippen LogP contribution in [0.5, 0.6) is 0 Å². The largest absolute Gasteiger partial charge is 0.312 e. The summed E-state index contributed by atoms with van der Waals surface area (Å²) in [6.07, 6.45) is 25.7. The summed E-state index contributed by atoms with van der Waals surface area (Å²) >= 11 is 0. The molecule has 0 spiro atoms. The zero-order valence-electron chi connectivity index (χ0n) is 15.4. The van der Waals surface area contributed by atoms with E-state index in [2.05, 4.69) is 31.3 Å². The second kappa shape index (κ2) is 14.3. The van der Waals surface area contributed by atoms with E-state index in [0.717, 1.165) is 12.1 Å². The van der Waals surface area contributed by atoms with Crippen molar-refractivity contribution in [3.63, 3.8) is 0 Å². The maximum Gasteiger partial charge on any atom is 0.00695 e. The SMILES string of the molecule is CCCCCCCC/C=C/CCCCC[C@H]1CCC[C@H](C)N1. The van der Waals surface area contributed by atoms with Crippen LogP contribution in [0.25, 0.3) is 0 Å². The summed E-state index contributed by atoms with van der Waals surface area (Å²) in [5, 5.41) is 3.75. The van der Waals surface area contributed by atoms with Crippen molar-refractivity contribution in [3.8, 4) is 0 Å². The van der Waals surface area contributed by atoms with Gasteiger partial charge in [-0.15, -0.1) is 0 Å². The summed E-state index contributed by atoms with van der Waals surface area (Å²) in [4.78, 5) is 0. The van der Waals surface area contributed by atoms with E-state index in [4.69, 9.17) is 0 Å². The van der Waals surface area contributed by atoms with E-state index >= 15 is 0 Å². The second-order valence-electron chi connectivity index (χ2n) is 7.36. The second-order valence-corrected chi connectivity index (χ2v) is 7.36. The van der Waals surface area contributed by atoms with E-state index < -0.39 is 0 Å². The average Bonchev–Trinajstić information content (AvgIpc) is 2.52. The Labute approximate surface area is 140 Å². The first-order chi connectivity index (χ1) is 10.8. The Morgan fingerprint density at radius 2 is 1.45 bits per heavy atom. The highest BCUT2D eigenvalue weighted by molar-refractivity contribution is 4.81. The third kappa shape index (κ3) is 11.3. The average molecular weight is 308 g/mol. The van der Waals surface area contributed by atoms with Crippen LogP contribution < -0.4 is 5.32 Å². The summed E-state index contributed by atoms with van der Waals surface area (Å²) < 4.78 is 0. The molecule has 0 aromatic rings. The van der Waals surface area contributed by atoms with Gasteiger partial charge in [-0.05, 0) is 51.9 Å². The molecule has 0 unspecified atom stereocenters. The van der Waals surface area contributed by atoms with Crippen molar-refractivity contribution < 1.29 is 0 Å². The number of hydrogen-bond donors (Lipinski definition) is 1. The van der Waals surface area contributed by atoms with Crippen LogP contribution in [-0.4, -0.2) is 12.1 Å². The zero-order chi connectivity index (χ0) is 15.9. The molecule has 0 radical (unpaired) electrons. The number of piperidine rings is 1. The number of allylic oxidation sites excluding steroid dienone is 2. The normalized spacial score (nSPS) is 22.5. The van der Waals surface area contributed by atoms with Crippen molar-refractivity contribution in [2.24, 2.45) is 0 Å². The molecule has 2 atom stereocenters. The van der Waals surface area contributed by atoms with Crippen molar-refractivity contribution in [2.45, 2.75) is 122 Å². The van der Waals surface area contributed by atoms with E-state index in [1.54, 1.807) is 0 Å².